The molecule has 2 aromatic carbocycles. The lowest BCUT2D eigenvalue weighted by Gasteiger charge is -2.30. The molecule has 2 aromatic rings. The topological polar surface area (TPSA) is 94.8 Å². The number of halogens is 8. The van der Waals surface area contributed by atoms with Crippen LogP contribution >= 0.6 is 11.6 Å². The van der Waals surface area contributed by atoms with Crippen LogP contribution in [0, 0.1) is 24.1 Å². The second kappa shape index (κ2) is 10.3. The van der Waals surface area contributed by atoms with E-state index in [1.165, 1.54) is 30.0 Å². The normalized spacial score (nSPS) is 21.2. The highest BCUT2D eigenvalue weighted by molar-refractivity contribution is 6.30. The van der Waals surface area contributed by atoms with Crippen molar-refractivity contribution in [1.82, 2.24) is 10.2 Å². The number of benzene rings is 2. The van der Waals surface area contributed by atoms with Crippen LogP contribution in [0.4, 0.5) is 30.7 Å². The van der Waals surface area contributed by atoms with E-state index in [-0.39, 0.29) is 54.0 Å². The summed E-state index contributed by atoms with van der Waals surface area (Å²) in [5, 5.41) is 13.6. The van der Waals surface area contributed by atoms with Gasteiger partial charge >= 0.3 is 12.4 Å². The standard InChI is InChI=1S/C25H18ClF7N4O3/c1-12-8-13(2-3-15(12)21(38)35-18-4-6-37(7-5-34)22(18)39)19-11-23(40-36-19,25(31,32)33)16-9-14(24(28,29)30)10-17(26)20(16)27/h2-3,8-10,18H,4,6-7,11H2,1H3,(H,35,38)/t18-,23+/m1/s1. The molecule has 2 atom stereocenters. The fraction of sp³-hybridized carbons (Fsp3) is 0.360. The van der Waals surface area contributed by atoms with Crippen molar-refractivity contribution in [2.24, 2.45) is 5.16 Å². The summed E-state index contributed by atoms with van der Waals surface area (Å²) >= 11 is 5.52. The Hall–Kier alpha value is -3.86. The molecule has 2 aliphatic rings. The van der Waals surface area contributed by atoms with Crippen molar-refractivity contribution in [2.75, 3.05) is 13.1 Å². The predicted octanol–water partition coefficient (Wildman–Crippen LogP) is 5.24. The third-order valence-corrected chi connectivity index (χ3v) is 6.92. The molecule has 0 aliphatic carbocycles. The minimum Gasteiger partial charge on any atom is -0.374 e. The van der Waals surface area contributed by atoms with E-state index in [1.807, 2.05) is 6.07 Å². The van der Waals surface area contributed by atoms with Gasteiger partial charge in [0, 0.05) is 17.7 Å². The Morgan fingerprint density at radius 1 is 1.25 bits per heavy atom. The molecular weight excluding hydrogens is 573 g/mol. The number of carbonyl (C=O) groups is 2. The highest BCUT2D eigenvalue weighted by atomic mass is 35.5. The number of oxime groups is 1. The second-order valence-electron chi connectivity index (χ2n) is 9.21. The average Bonchev–Trinajstić information content (AvgIpc) is 3.46. The molecular formula is C25H18ClF7N4O3. The number of likely N-dealkylation sites (tertiary alicyclic amines) is 1. The zero-order chi connectivity index (χ0) is 29.6. The SMILES string of the molecule is Cc1cc(C2=NO[C@@](c3cc(C(F)(F)F)cc(Cl)c3F)(C(F)(F)F)C2)ccc1C(=O)N[C@@H]1CCN(CC#N)C1=O. The number of amides is 2. The van der Waals surface area contributed by atoms with Crippen molar-refractivity contribution < 1.29 is 45.2 Å². The third-order valence-electron chi connectivity index (χ3n) is 6.65. The van der Waals surface area contributed by atoms with Crippen LogP contribution in [-0.4, -0.2) is 47.7 Å². The molecule has 0 spiro atoms. The first-order valence-electron chi connectivity index (χ1n) is 11.5. The van der Waals surface area contributed by atoms with Gasteiger partial charge in [-0.15, -0.1) is 0 Å². The van der Waals surface area contributed by atoms with Gasteiger partial charge in [0.1, 0.15) is 18.4 Å². The minimum atomic E-state index is -5.41. The zero-order valence-electron chi connectivity index (χ0n) is 20.4. The van der Waals surface area contributed by atoms with E-state index in [0.29, 0.717) is 0 Å². The van der Waals surface area contributed by atoms with Crippen molar-refractivity contribution in [2.45, 2.75) is 43.8 Å². The number of aryl methyl sites for hydroxylation is 1. The third kappa shape index (κ3) is 5.17. The van der Waals surface area contributed by atoms with Crippen molar-refractivity contribution in [1.29, 1.82) is 5.26 Å². The van der Waals surface area contributed by atoms with Gasteiger partial charge in [0.05, 0.1) is 28.8 Å². The Kier molecular flexibility index (Phi) is 7.48. The van der Waals surface area contributed by atoms with Gasteiger partial charge < -0.3 is 15.1 Å². The summed E-state index contributed by atoms with van der Waals surface area (Å²) in [6, 6.07) is 4.98. The van der Waals surface area contributed by atoms with E-state index >= 15 is 0 Å². The predicted molar refractivity (Wildman–Crippen MR) is 126 cm³/mol. The highest BCUT2D eigenvalue weighted by Crippen LogP contribution is 2.51. The quantitative estimate of drug-likeness (QED) is 0.381. The summed E-state index contributed by atoms with van der Waals surface area (Å²) in [7, 11) is 0. The zero-order valence-corrected chi connectivity index (χ0v) is 21.1. The first-order valence-corrected chi connectivity index (χ1v) is 11.9. The number of hydrogen-bond donors (Lipinski definition) is 1. The van der Waals surface area contributed by atoms with E-state index in [0.717, 1.165) is 0 Å². The number of alkyl halides is 6. The van der Waals surface area contributed by atoms with Crippen LogP contribution in [-0.2, 0) is 21.4 Å². The summed E-state index contributed by atoms with van der Waals surface area (Å²) in [5.41, 5.74) is -6.63. The first-order chi connectivity index (χ1) is 18.6. The van der Waals surface area contributed by atoms with E-state index < -0.39 is 64.2 Å². The lowest BCUT2D eigenvalue weighted by atomic mass is 9.85. The van der Waals surface area contributed by atoms with E-state index in [2.05, 4.69) is 15.3 Å². The van der Waals surface area contributed by atoms with Crippen molar-refractivity contribution >= 4 is 29.1 Å². The van der Waals surface area contributed by atoms with Crippen LogP contribution in [0.3, 0.4) is 0 Å². The molecule has 4 rings (SSSR count). The van der Waals surface area contributed by atoms with Crippen LogP contribution in [0.1, 0.15) is 45.5 Å². The summed E-state index contributed by atoms with van der Waals surface area (Å²) in [4.78, 5) is 31.0. The van der Waals surface area contributed by atoms with Gasteiger partial charge in [-0.2, -0.15) is 31.6 Å². The molecule has 1 N–H and O–H groups in total. The van der Waals surface area contributed by atoms with E-state index in [9.17, 15) is 40.3 Å². The summed E-state index contributed by atoms with van der Waals surface area (Å²) in [6.45, 7) is 1.63. The van der Waals surface area contributed by atoms with Gasteiger partial charge in [-0.3, -0.25) is 9.59 Å². The lowest BCUT2D eigenvalue weighted by Crippen LogP contribution is -2.43. The van der Waals surface area contributed by atoms with Crippen LogP contribution in [0.2, 0.25) is 5.02 Å². The van der Waals surface area contributed by atoms with Gasteiger partial charge in [-0.05, 0) is 48.7 Å². The fourth-order valence-electron chi connectivity index (χ4n) is 4.53. The average molecular weight is 591 g/mol. The fourth-order valence-corrected chi connectivity index (χ4v) is 4.75. The Morgan fingerprint density at radius 2 is 1.95 bits per heavy atom. The highest BCUT2D eigenvalue weighted by Gasteiger charge is 2.64. The molecule has 212 valence electrons. The smallest absolute Gasteiger partial charge is 0.374 e. The van der Waals surface area contributed by atoms with Gasteiger partial charge in [0.2, 0.25) is 5.91 Å². The summed E-state index contributed by atoms with van der Waals surface area (Å²) in [6.07, 6.45) is -11.4. The van der Waals surface area contributed by atoms with Crippen LogP contribution in [0.25, 0.3) is 0 Å². The maximum atomic E-state index is 14.8. The molecule has 0 unspecified atom stereocenters. The van der Waals surface area contributed by atoms with Crippen LogP contribution < -0.4 is 5.32 Å². The molecule has 7 nitrogen and oxygen atoms in total. The number of nitrogens with one attached hydrogen (secondary N) is 1. The Balaban J connectivity index is 1.61. The maximum Gasteiger partial charge on any atom is 0.435 e. The maximum absolute atomic E-state index is 14.8. The molecule has 1 fully saturated rings. The molecule has 40 heavy (non-hydrogen) atoms. The van der Waals surface area contributed by atoms with E-state index in [4.69, 9.17) is 16.9 Å². The molecule has 0 radical (unpaired) electrons. The van der Waals surface area contributed by atoms with Crippen LogP contribution in [0.15, 0.2) is 35.5 Å². The second-order valence-corrected chi connectivity index (χ2v) is 9.62. The van der Waals surface area contributed by atoms with Crippen molar-refractivity contribution in [3.63, 3.8) is 0 Å². The van der Waals surface area contributed by atoms with Gasteiger partial charge in [-0.25, -0.2) is 4.39 Å². The minimum absolute atomic E-state index is 0.00604. The van der Waals surface area contributed by atoms with Crippen molar-refractivity contribution in [3.05, 3.63) is 69.0 Å². The summed E-state index contributed by atoms with van der Waals surface area (Å²) < 4.78 is 97.5. The van der Waals surface area contributed by atoms with Gasteiger partial charge in [0.15, 0.2) is 0 Å². The van der Waals surface area contributed by atoms with Gasteiger partial charge in [0.25, 0.3) is 11.5 Å². The molecule has 15 heteroatoms. The molecule has 2 aliphatic heterocycles. The first kappa shape index (κ1) is 29.1. The van der Waals surface area contributed by atoms with Crippen molar-refractivity contribution in [3.8, 4) is 6.07 Å². The summed E-state index contributed by atoms with van der Waals surface area (Å²) in [5.74, 6) is -2.80. The Labute approximate surface area is 227 Å². The number of carbonyl (C=O) groups excluding carboxylic acids is 2. The number of nitriles is 1. The van der Waals surface area contributed by atoms with E-state index in [1.54, 1.807) is 0 Å². The Bertz CT molecular complexity index is 1450. The lowest BCUT2D eigenvalue weighted by molar-refractivity contribution is -0.276. The number of rotatable bonds is 5. The molecule has 2 heterocycles. The molecule has 1 saturated heterocycles. The largest absolute Gasteiger partial charge is 0.435 e. The Morgan fingerprint density at radius 3 is 2.55 bits per heavy atom. The molecule has 2 amide bonds. The number of hydrogen-bond acceptors (Lipinski definition) is 5. The molecule has 0 aromatic heterocycles. The molecule has 0 saturated carbocycles. The van der Waals surface area contributed by atoms with Gasteiger partial charge in [-0.1, -0.05) is 22.8 Å². The molecule has 0 bridgehead atoms. The number of nitrogens with zero attached hydrogens (tertiary/aromatic N) is 3. The monoisotopic (exact) mass is 590 g/mol. The van der Waals surface area contributed by atoms with Crippen LogP contribution in [0.5, 0.6) is 0 Å².